The van der Waals surface area contributed by atoms with Crippen LogP contribution in [0, 0.1) is 0 Å². The van der Waals surface area contributed by atoms with Crippen LogP contribution in [0.4, 0.5) is 0 Å². The molecular formula is C22H28IN5OS. The molecule has 0 unspecified atom stereocenters. The zero-order valence-electron chi connectivity index (χ0n) is 17.3. The highest BCUT2D eigenvalue weighted by molar-refractivity contribution is 14.0. The van der Waals surface area contributed by atoms with Gasteiger partial charge in [0.2, 0.25) is 5.88 Å². The van der Waals surface area contributed by atoms with E-state index in [-0.39, 0.29) is 24.0 Å². The molecular weight excluding hydrogens is 509 g/mol. The van der Waals surface area contributed by atoms with Crippen LogP contribution in [0.2, 0.25) is 0 Å². The number of hydrogen-bond acceptors (Lipinski definition) is 5. The van der Waals surface area contributed by atoms with Crippen molar-refractivity contribution in [2.45, 2.75) is 32.9 Å². The number of pyridine rings is 1. The number of guanidine groups is 1. The summed E-state index contributed by atoms with van der Waals surface area (Å²) >= 11 is 1.77. The first-order chi connectivity index (χ1) is 14.3. The second-order valence-corrected chi connectivity index (χ2v) is 7.62. The largest absolute Gasteiger partial charge is 0.473 e. The standard InChI is InChI=1S/C22H27N5OS.HI/c1-3-19-15-26-20(29-19)11-13-25-22(23-2)27-14-18-10-7-12-24-21(18)28-16-17-8-5-4-6-9-17;/h4-10,12,15H,3,11,13-14,16H2,1-2H3,(H2,23,25,27);1H. The first-order valence-electron chi connectivity index (χ1n) is 9.77. The summed E-state index contributed by atoms with van der Waals surface area (Å²) in [6.45, 7) is 4.00. The number of benzene rings is 1. The van der Waals surface area contributed by atoms with Gasteiger partial charge in [-0.1, -0.05) is 43.3 Å². The van der Waals surface area contributed by atoms with Crippen LogP contribution in [0.15, 0.2) is 59.9 Å². The number of aliphatic imine (C=N–C) groups is 1. The smallest absolute Gasteiger partial charge is 0.218 e. The van der Waals surface area contributed by atoms with Gasteiger partial charge in [0.15, 0.2) is 5.96 Å². The zero-order chi connectivity index (χ0) is 20.3. The van der Waals surface area contributed by atoms with E-state index in [9.17, 15) is 0 Å². The van der Waals surface area contributed by atoms with E-state index in [0.29, 0.717) is 19.0 Å². The molecule has 0 radical (unpaired) electrons. The van der Waals surface area contributed by atoms with Crippen molar-refractivity contribution in [3.63, 3.8) is 0 Å². The average Bonchev–Trinajstić information content (AvgIpc) is 3.24. The van der Waals surface area contributed by atoms with Crippen LogP contribution in [0.1, 0.15) is 27.9 Å². The van der Waals surface area contributed by atoms with Crippen molar-refractivity contribution in [1.29, 1.82) is 0 Å². The second-order valence-electron chi connectivity index (χ2n) is 6.42. The first kappa shape index (κ1) is 24.1. The van der Waals surface area contributed by atoms with Crippen LogP contribution < -0.4 is 15.4 Å². The van der Waals surface area contributed by atoms with Gasteiger partial charge in [0.1, 0.15) is 6.61 Å². The number of ether oxygens (including phenoxy) is 1. The normalized spacial score (nSPS) is 10.9. The summed E-state index contributed by atoms with van der Waals surface area (Å²) in [5, 5.41) is 7.81. The number of rotatable bonds is 9. The Hall–Kier alpha value is -2.20. The summed E-state index contributed by atoms with van der Waals surface area (Å²) in [4.78, 5) is 14.5. The molecule has 0 aliphatic carbocycles. The van der Waals surface area contributed by atoms with Gasteiger partial charge in [-0.3, -0.25) is 4.99 Å². The highest BCUT2D eigenvalue weighted by atomic mass is 127. The minimum Gasteiger partial charge on any atom is -0.473 e. The highest BCUT2D eigenvalue weighted by Gasteiger charge is 2.07. The van der Waals surface area contributed by atoms with Crippen LogP contribution in [0.25, 0.3) is 0 Å². The first-order valence-corrected chi connectivity index (χ1v) is 10.6. The van der Waals surface area contributed by atoms with Crippen molar-refractivity contribution in [3.05, 3.63) is 75.9 Å². The molecule has 2 heterocycles. The molecule has 2 aromatic heterocycles. The summed E-state index contributed by atoms with van der Waals surface area (Å²) in [5.41, 5.74) is 2.10. The fraction of sp³-hybridized carbons (Fsp3) is 0.318. The SMILES string of the molecule is CCc1cnc(CCNC(=NC)NCc2cccnc2OCc2ccccc2)s1.I. The molecule has 2 N–H and O–H groups in total. The molecule has 0 fully saturated rings. The zero-order valence-corrected chi connectivity index (χ0v) is 20.4. The Labute approximate surface area is 199 Å². The Bertz CT molecular complexity index is 917. The fourth-order valence-corrected chi connectivity index (χ4v) is 3.59. The average molecular weight is 537 g/mol. The number of halogens is 1. The molecule has 8 heteroatoms. The van der Waals surface area contributed by atoms with E-state index in [1.54, 1.807) is 24.6 Å². The van der Waals surface area contributed by atoms with E-state index in [1.807, 2.05) is 48.7 Å². The van der Waals surface area contributed by atoms with Crippen LogP contribution in [-0.2, 0) is 26.0 Å². The van der Waals surface area contributed by atoms with Crippen LogP contribution >= 0.6 is 35.3 Å². The lowest BCUT2D eigenvalue weighted by atomic mass is 10.2. The molecule has 0 saturated heterocycles. The van der Waals surface area contributed by atoms with E-state index in [4.69, 9.17) is 4.74 Å². The molecule has 0 bridgehead atoms. The monoisotopic (exact) mass is 537 g/mol. The topological polar surface area (TPSA) is 71.4 Å². The van der Waals surface area contributed by atoms with Gasteiger partial charge in [-0.05, 0) is 18.1 Å². The van der Waals surface area contributed by atoms with Gasteiger partial charge in [-0.15, -0.1) is 35.3 Å². The Balaban J connectivity index is 0.00000320. The summed E-state index contributed by atoms with van der Waals surface area (Å²) in [6.07, 6.45) is 5.62. The third-order valence-corrected chi connectivity index (χ3v) is 5.52. The Kier molecular flexibility index (Phi) is 10.6. The number of aromatic nitrogens is 2. The summed E-state index contributed by atoms with van der Waals surface area (Å²) in [5.74, 6) is 1.38. The number of nitrogens with one attached hydrogen (secondary N) is 2. The molecule has 1 aromatic carbocycles. The molecule has 3 rings (SSSR count). The molecule has 0 spiro atoms. The summed E-state index contributed by atoms with van der Waals surface area (Å²) in [7, 11) is 1.77. The predicted molar refractivity (Wildman–Crippen MR) is 134 cm³/mol. The van der Waals surface area contributed by atoms with Crippen molar-refractivity contribution in [1.82, 2.24) is 20.6 Å². The van der Waals surface area contributed by atoms with Crippen LogP contribution in [-0.4, -0.2) is 29.5 Å². The third kappa shape index (κ3) is 7.56. The van der Waals surface area contributed by atoms with Crippen molar-refractivity contribution in [3.8, 4) is 5.88 Å². The highest BCUT2D eigenvalue weighted by Crippen LogP contribution is 2.16. The molecule has 6 nitrogen and oxygen atoms in total. The molecule has 0 amide bonds. The maximum absolute atomic E-state index is 5.92. The maximum atomic E-state index is 5.92. The van der Waals surface area contributed by atoms with Gasteiger partial charge in [0, 0.05) is 49.4 Å². The number of nitrogens with zero attached hydrogens (tertiary/aromatic N) is 3. The Morgan fingerprint density at radius 2 is 1.93 bits per heavy atom. The molecule has 160 valence electrons. The van der Waals surface area contributed by atoms with Gasteiger partial charge < -0.3 is 15.4 Å². The molecule has 30 heavy (non-hydrogen) atoms. The predicted octanol–water partition coefficient (Wildman–Crippen LogP) is 4.21. The number of thiazole rings is 1. The minimum absolute atomic E-state index is 0. The maximum Gasteiger partial charge on any atom is 0.218 e. The van der Waals surface area contributed by atoms with Gasteiger partial charge in [-0.2, -0.15) is 0 Å². The van der Waals surface area contributed by atoms with Gasteiger partial charge in [0.25, 0.3) is 0 Å². The van der Waals surface area contributed by atoms with Gasteiger partial charge in [0.05, 0.1) is 5.01 Å². The van der Waals surface area contributed by atoms with E-state index in [0.717, 1.165) is 41.5 Å². The lowest BCUT2D eigenvalue weighted by Gasteiger charge is -2.14. The van der Waals surface area contributed by atoms with E-state index >= 15 is 0 Å². The molecule has 0 aliphatic rings. The quantitative estimate of drug-likeness (QED) is 0.243. The van der Waals surface area contributed by atoms with Crippen LogP contribution in [0.3, 0.4) is 0 Å². The fourth-order valence-electron chi connectivity index (χ4n) is 2.73. The number of aryl methyl sites for hydroxylation is 1. The minimum atomic E-state index is 0. The molecule has 0 saturated carbocycles. The lowest BCUT2D eigenvalue weighted by Crippen LogP contribution is -2.37. The van der Waals surface area contributed by atoms with Crippen molar-refractivity contribution in [2.75, 3.05) is 13.6 Å². The van der Waals surface area contributed by atoms with E-state index in [1.165, 1.54) is 4.88 Å². The molecule has 3 aromatic rings. The van der Waals surface area contributed by atoms with Crippen molar-refractivity contribution >= 4 is 41.3 Å². The van der Waals surface area contributed by atoms with E-state index < -0.39 is 0 Å². The summed E-state index contributed by atoms with van der Waals surface area (Å²) in [6, 6.07) is 14.0. The lowest BCUT2D eigenvalue weighted by molar-refractivity contribution is 0.290. The van der Waals surface area contributed by atoms with E-state index in [2.05, 4.69) is 32.5 Å². The van der Waals surface area contributed by atoms with Gasteiger partial charge >= 0.3 is 0 Å². The Morgan fingerprint density at radius 3 is 2.67 bits per heavy atom. The number of hydrogen-bond donors (Lipinski definition) is 2. The summed E-state index contributed by atoms with van der Waals surface area (Å²) < 4.78 is 5.92. The van der Waals surface area contributed by atoms with Crippen LogP contribution in [0.5, 0.6) is 5.88 Å². The molecule has 0 atom stereocenters. The molecule has 0 aliphatic heterocycles. The second kappa shape index (κ2) is 13.2. The Morgan fingerprint density at radius 1 is 1.10 bits per heavy atom. The van der Waals surface area contributed by atoms with Crippen molar-refractivity contribution < 1.29 is 4.74 Å². The third-order valence-electron chi connectivity index (χ3n) is 4.32. The van der Waals surface area contributed by atoms with Crippen molar-refractivity contribution in [2.24, 2.45) is 4.99 Å². The van der Waals surface area contributed by atoms with Gasteiger partial charge in [-0.25, -0.2) is 9.97 Å².